The van der Waals surface area contributed by atoms with Crippen LogP contribution in [0.3, 0.4) is 0 Å². The third-order valence-corrected chi connectivity index (χ3v) is 3.45. The van der Waals surface area contributed by atoms with E-state index in [1.54, 1.807) is 12.1 Å². The van der Waals surface area contributed by atoms with Crippen LogP contribution in [-0.2, 0) is 4.79 Å². The highest BCUT2D eigenvalue weighted by molar-refractivity contribution is 9.11. The fourth-order valence-electron chi connectivity index (χ4n) is 1.04. The van der Waals surface area contributed by atoms with Crippen LogP contribution in [0.25, 0.3) is 0 Å². The first-order chi connectivity index (χ1) is 7.41. The van der Waals surface area contributed by atoms with Crippen molar-refractivity contribution in [1.82, 2.24) is 5.32 Å². The first-order valence-electron chi connectivity index (χ1n) is 4.39. The highest BCUT2D eigenvalue weighted by atomic mass is 79.9. The topological polar surface area (TPSA) is 86.6 Å². The number of aliphatic hydroxyl groups excluding tert-OH is 1. The second-order valence-corrected chi connectivity index (χ2v) is 5.60. The van der Waals surface area contributed by atoms with Gasteiger partial charge < -0.3 is 15.5 Å². The van der Waals surface area contributed by atoms with Gasteiger partial charge in [0, 0.05) is 0 Å². The second kappa shape index (κ2) is 5.42. The number of carboxylic acids is 1. The second-order valence-electron chi connectivity index (χ2n) is 3.13. The molecule has 0 aromatic carbocycles. The van der Waals surface area contributed by atoms with Crippen molar-refractivity contribution in [2.75, 3.05) is 0 Å². The highest BCUT2D eigenvalue weighted by Crippen LogP contribution is 2.21. The van der Waals surface area contributed by atoms with Gasteiger partial charge in [0.1, 0.15) is 0 Å². The standard InChI is InChI=1S/C9H10BrNO4S/c1-4(12)7(9(14)15)11-8(13)5-2-3-6(10)16-5/h2-4,7,12H,1H3,(H,11,13)(H,14,15). The van der Waals surface area contributed by atoms with Gasteiger partial charge in [0.25, 0.3) is 5.91 Å². The molecule has 88 valence electrons. The lowest BCUT2D eigenvalue weighted by Crippen LogP contribution is -2.47. The summed E-state index contributed by atoms with van der Waals surface area (Å²) in [4.78, 5) is 22.7. The molecule has 0 radical (unpaired) electrons. The number of aliphatic carboxylic acids is 1. The SMILES string of the molecule is CC(O)C(NC(=O)c1ccc(Br)s1)C(=O)O. The summed E-state index contributed by atoms with van der Waals surface area (Å²) >= 11 is 4.39. The summed E-state index contributed by atoms with van der Waals surface area (Å²) in [5.41, 5.74) is 0. The minimum absolute atomic E-state index is 0.388. The van der Waals surface area contributed by atoms with Crippen molar-refractivity contribution in [2.45, 2.75) is 19.1 Å². The quantitative estimate of drug-likeness (QED) is 0.777. The number of thiophene rings is 1. The molecular weight excluding hydrogens is 298 g/mol. The summed E-state index contributed by atoms with van der Waals surface area (Å²) in [7, 11) is 0. The molecule has 0 saturated heterocycles. The highest BCUT2D eigenvalue weighted by Gasteiger charge is 2.25. The van der Waals surface area contributed by atoms with Crippen molar-refractivity contribution in [2.24, 2.45) is 0 Å². The molecule has 1 aromatic heterocycles. The predicted octanol–water partition coefficient (Wildman–Crippen LogP) is 1.07. The third-order valence-electron chi connectivity index (χ3n) is 1.83. The number of amides is 1. The van der Waals surface area contributed by atoms with Gasteiger partial charge in [-0.15, -0.1) is 11.3 Å². The van der Waals surface area contributed by atoms with E-state index in [-0.39, 0.29) is 0 Å². The van der Waals surface area contributed by atoms with E-state index >= 15 is 0 Å². The van der Waals surface area contributed by atoms with Crippen LogP contribution in [-0.4, -0.2) is 34.2 Å². The number of nitrogens with one attached hydrogen (secondary N) is 1. The zero-order chi connectivity index (χ0) is 12.3. The van der Waals surface area contributed by atoms with Crippen LogP contribution >= 0.6 is 27.3 Å². The van der Waals surface area contributed by atoms with Gasteiger partial charge in [-0.05, 0) is 35.0 Å². The lowest BCUT2D eigenvalue weighted by atomic mass is 10.2. The van der Waals surface area contributed by atoms with E-state index < -0.39 is 24.0 Å². The van der Waals surface area contributed by atoms with Crippen LogP contribution in [0, 0.1) is 0 Å². The summed E-state index contributed by atoms with van der Waals surface area (Å²) in [6.45, 7) is 1.31. The molecule has 3 N–H and O–H groups in total. The Labute approximate surface area is 104 Å². The molecule has 0 saturated carbocycles. The molecule has 0 spiro atoms. The number of hydrogen-bond donors (Lipinski definition) is 3. The Morgan fingerprint density at radius 1 is 1.50 bits per heavy atom. The summed E-state index contributed by atoms with van der Waals surface area (Å²) in [5, 5.41) is 20.2. The normalized spacial score (nSPS) is 14.2. The van der Waals surface area contributed by atoms with Crippen LogP contribution in [0.15, 0.2) is 15.9 Å². The smallest absolute Gasteiger partial charge is 0.328 e. The van der Waals surface area contributed by atoms with Crippen LogP contribution in [0.5, 0.6) is 0 Å². The van der Waals surface area contributed by atoms with Gasteiger partial charge in [-0.3, -0.25) is 4.79 Å². The van der Waals surface area contributed by atoms with Crippen molar-refractivity contribution >= 4 is 39.1 Å². The number of hydrogen-bond acceptors (Lipinski definition) is 4. The number of rotatable bonds is 4. The van der Waals surface area contributed by atoms with E-state index in [1.165, 1.54) is 18.3 Å². The van der Waals surface area contributed by atoms with E-state index in [4.69, 9.17) is 5.11 Å². The molecule has 1 rings (SSSR count). The maximum absolute atomic E-state index is 11.6. The molecule has 1 amide bonds. The van der Waals surface area contributed by atoms with E-state index in [1.807, 2.05) is 0 Å². The Kier molecular flexibility index (Phi) is 4.45. The average molecular weight is 308 g/mol. The molecule has 0 aliphatic heterocycles. The van der Waals surface area contributed by atoms with Gasteiger partial charge in [-0.2, -0.15) is 0 Å². The van der Waals surface area contributed by atoms with Crippen molar-refractivity contribution in [3.05, 3.63) is 20.8 Å². The first-order valence-corrected chi connectivity index (χ1v) is 6.00. The summed E-state index contributed by atoms with van der Waals surface area (Å²) in [6.07, 6.45) is -1.15. The molecule has 7 heteroatoms. The van der Waals surface area contributed by atoms with Gasteiger partial charge in [0.15, 0.2) is 6.04 Å². The maximum atomic E-state index is 11.6. The Morgan fingerprint density at radius 3 is 2.50 bits per heavy atom. The molecule has 5 nitrogen and oxygen atoms in total. The molecule has 16 heavy (non-hydrogen) atoms. The number of aliphatic hydroxyl groups is 1. The first kappa shape index (κ1) is 13.1. The Bertz CT molecular complexity index is 404. The maximum Gasteiger partial charge on any atom is 0.328 e. The fraction of sp³-hybridized carbons (Fsp3) is 0.333. The van der Waals surface area contributed by atoms with Gasteiger partial charge in [0.2, 0.25) is 0 Å². The molecule has 0 aliphatic rings. The molecular formula is C9H10BrNO4S. The van der Waals surface area contributed by atoms with E-state index in [0.29, 0.717) is 4.88 Å². The van der Waals surface area contributed by atoms with Gasteiger partial charge in [0.05, 0.1) is 14.8 Å². The molecule has 1 heterocycles. The summed E-state index contributed by atoms with van der Waals surface area (Å²) < 4.78 is 0.779. The Hall–Kier alpha value is -0.920. The fourth-order valence-corrected chi connectivity index (χ4v) is 2.33. The molecule has 2 atom stereocenters. The molecule has 2 unspecified atom stereocenters. The van der Waals surface area contributed by atoms with Gasteiger partial charge in [-0.25, -0.2) is 4.79 Å². The van der Waals surface area contributed by atoms with E-state index in [2.05, 4.69) is 21.2 Å². The van der Waals surface area contributed by atoms with Crippen LogP contribution in [0.1, 0.15) is 16.6 Å². The number of halogens is 1. The Morgan fingerprint density at radius 2 is 2.12 bits per heavy atom. The monoisotopic (exact) mass is 307 g/mol. The predicted molar refractivity (Wildman–Crippen MR) is 62.6 cm³/mol. The lowest BCUT2D eigenvalue weighted by Gasteiger charge is -2.16. The van der Waals surface area contributed by atoms with E-state index in [0.717, 1.165) is 3.79 Å². The minimum Gasteiger partial charge on any atom is -0.480 e. The lowest BCUT2D eigenvalue weighted by molar-refractivity contribution is -0.141. The summed E-state index contributed by atoms with van der Waals surface area (Å²) in [6, 6.07) is 1.97. The molecule has 0 aliphatic carbocycles. The Balaban J connectivity index is 2.73. The zero-order valence-corrected chi connectivity index (χ0v) is 10.7. The van der Waals surface area contributed by atoms with Crippen molar-refractivity contribution in [3.8, 4) is 0 Å². The van der Waals surface area contributed by atoms with Crippen molar-refractivity contribution < 1.29 is 19.8 Å². The van der Waals surface area contributed by atoms with Crippen LogP contribution in [0.4, 0.5) is 0 Å². The number of carbonyl (C=O) groups is 2. The van der Waals surface area contributed by atoms with Gasteiger partial charge >= 0.3 is 5.97 Å². The third kappa shape index (κ3) is 3.29. The molecule has 1 aromatic rings. The van der Waals surface area contributed by atoms with E-state index in [9.17, 15) is 14.7 Å². The minimum atomic E-state index is -1.30. The van der Waals surface area contributed by atoms with Crippen LogP contribution in [0.2, 0.25) is 0 Å². The van der Waals surface area contributed by atoms with Crippen LogP contribution < -0.4 is 5.32 Å². The number of carbonyl (C=O) groups excluding carboxylic acids is 1. The average Bonchev–Trinajstić information content (AvgIpc) is 2.59. The summed E-state index contributed by atoms with van der Waals surface area (Å²) in [5.74, 6) is -1.78. The largest absolute Gasteiger partial charge is 0.480 e. The molecule has 0 bridgehead atoms. The van der Waals surface area contributed by atoms with Gasteiger partial charge in [-0.1, -0.05) is 0 Å². The van der Waals surface area contributed by atoms with Crippen molar-refractivity contribution in [1.29, 1.82) is 0 Å². The molecule has 0 fully saturated rings. The number of carboxylic acid groups (broad SMARTS) is 1. The van der Waals surface area contributed by atoms with Crippen molar-refractivity contribution in [3.63, 3.8) is 0 Å². The zero-order valence-electron chi connectivity index (χ0n) is 8.31.